The van der Waals surface area contributed by atoms with Gasteiger partial charge in [-0.25, -0.2) is 4.79 Å². The van der Waals surface area contributed by atoms with Crippen molar-refractivity contribution < 1.29 is 33.3 Å². The molecule has 1 heterocycles. The summed E-state index contributed by atoms with van der Waals surface area (Å²) in [7, 11) is 0. The second-order valence-electron chi connectivity index (χ2n) is 15.4. The zero-order valence-electron chi connectivity index (χ0n) is 35.7. The van der Waals surface area contributed by atoms with E-state index in [1.807, 2.05) is 0 Å². The van der Waals surface area contributed by atoms with Gasteiger partial charge in [0.25, 0.3) is 0 Å². The van der Waals surface area contributed by atoms with Crippen LogP contribution in [0.3, 0.4) is 0 Å². The Morgan fingerprint density at radius 2 is 1.33 bits per heavy atom. The molecule has 3 unspecified atom stereocenters. The van der Waals surface area contributed by atoms with Crippen molar-refractivity contribution in [2.24, 2.45) is 17.8 Å². The van der Waals surface area contributed by atoms with E-state index in [4.69, 9.17) is 23.7 Å². The summed E-state index contributed by atoms with van der Waals surface area (Å²) >= 11 is 0. The van der Waals surface area contributed by atoms with Crippen LogP contribution in [0.4, 0.5) is 4.79 Å². The Bertz CT molecular complexity index is 891. The molecule has 0 aliphatic carbocycles. The van der Waals surface area contributed by atoms with Crippen LogP contribution in [0.15, 0.2) is 24.3 Å². The first-order valence-electron chi connectivity index (χ1n) is 22.4. The molecule has 1 saturated heterocycles. The van der Waals surface area contributed by atoms with E-state index in [-0.39, 0.29) is 31.5 Å². The summed E-state index contributed by atoms with van der Waals surface area (Å²) in [6.45, 7) is 16.0. The largest absolute Gasteiger partial charge is 0.508 e. The highest BCUT2D eigenvalue weighted by Gasteiger charge is 2.22. The number of rotatable bonds is 36. The van der Waals surface area contributed by atoms with E-state index >= 15 is 0 Å². The third-order valence-corrected chi connectivity index (χ3v) is 10.5. The Hall–Kier alpha value is -1.90. The minimum atomic E-state index is -0.617. The lowest BCUT2D eigenvalue weighted by Gasteiger charge is -2.31. The summed E-state index contributed by atoms with van der Waals surface area (Å²) < 4.78 is 29.3. The molecule has 1 rings (SSSR count). The number of hydrogen-bond acceptors (Lipinski definition) is 8. The Morgan fingerprint density at radius 1 is 0.685 bits per heavy atom. The molecule has 1 aliphatic rings. The zero-order valence-corrected chi connectivity index (χ0v) is 35.7. The van der Waals surface area contributed by atoms with E-state index in [9.17, 15) is 9.59 Å². The van der Waals surface area contributed by atoms with Crippen LogP contribution in [0, 0.1) is 24.2 Å². The maximum atomic E-state index is 13.1. The van der Waals surface area contributed by atoms with Crippen molar-refractivity contribution in [1.82, 2.24) is 4.90 Å². The van der Waals surface area contributed by atoms with Crippen LogP contribution in [0.25, 0.3) is 0 Å². The van der Waals surface area contributed by atoms with Crippen LogP contribution in [0.2, 0.25) is 0 Å². The van der Waals surface area contributed by atoms with Gasteiger partial charge in [-0.2, -0.15) is 0 Å². The maximum absolute atomic E-state index is 13.1. The van der Waals surface area contributed by atoms with Gasteiger partial charge in [-0.1, -0.05) is 117 Å². The first-order chi connectivity index (χ1) is 26.4. The average molecular weight is 763 g/mol. The van der Waals surface area contributed by atoms with Crippen LogP contribution in [-0.4, -0.2) is 76.0 Å². The summed E-state index contributed by atoms with van der Waals surface area (Å²) in [4.78, 5) is 28.1. The van der Waals surface area contributed by atoms with Crippen LogP contribution in [0.1, 0.15) is 176 Å². The van der Waals surface area contributed by atoms with Gasteiger partial charge in [0.2, 0.25) is 0 Å². The first-order valence-corrected chi connectivity index (χ1v) is 22.4. The number of ether oxygens (including phenoxy) is 5. The van der Waals surface area contributed by atoms with Crippen molar-refractivity contribution in [3.8, 4) is 0 Å². The molecule has 8 heteroatoms. The Kier molecular flexibility index (Phi) is 34.1. The highest BCUT2D eigenvalue weighted by Crippen LogP contribution is 2.25. The van der Waals surface area contributed by atoms with Gasteiger partial charge in [0.15, 0.2) is 6.29 Å². The van der Waals surface area contributed by atoms with Gasteiger partial charge in [0.05, 0.1) is 19.6 Å². The Balaban J connectivity index is 2.70. The normalized spacial score (nSPS) is 15.9. The predicted octanol–water partition coefficient (Wildman–Crippen LogP) is 12.2. The molecule has 3 atom stereocenters. The SMILES string of the molecule is C[CH]CCCC(CCCCC)CCCC(COC(=O)CCC(OCCCC/C=C\CC)OCCCC/C=C\CC)COC(=O)OCC1CCCN(CC)C1. The zero-order chi connectivity index (χ0) is 39.3. The number of carbonyl (C=O) groups is 2. The molecular formula is C46H84NO7. The molecule has 1 radical (unpaired) electrons. The molecule has 315 valence electrons. The Morgan fingerprint density at radius 3 is 1.98 bits per heavy atom. The quantitative estimate of drug-likeness (QED) is 0.0270. The van der Waals surface area contributed by atoms with Crippen molar-refractivity contribution >= 4 is 12.1 Å². The van der Waals surface area contributed by atoms with Gasteiger partial charge in [-0.05, 0) is 96.1 Å². The standard InChI is InChI=1S/C46H84NO7/c1-6-11-15-17-19-23-35-50-45(51-36-24-20-18-16-12-7-2)33-32-44(48)52-39-43(30-25-29-41(27-21-13-8-3)28-22-14-9-4)40-54-46(49)53-38-42-31-26-34-47(10-5)37-42/h8,11-12,15-16,41-43,45H,6-7,9-10,13-14,17-40H2,1-5H3/b15-11-,16-12-. The van der Waals surface area contributed by atoms with Crippen LogP contribution < -0.4 is 0 Å². The van der Waals surface area contributed by atoms with Gasteiger partial charge < -0.3 is 28.6 Å². The number of nitrogens with zero attached hydrogens (tertiary/aromatic N) is 1. The highest BCUT2D eigenvalue weighted by atomic mass is 16.7. The average Bonchev–Trinajstić information content (AvgIpc) is 3.18. The lowest BCUT2D eigenvalue weighted by atomic mass is 9.89. The van der Waals surface area contributed by atoms with Crippen molar-refractivity contribution in [3.63, 3.8) is 0 Å². The minimum absolute atomic E-state index is 0.0705. The van der Waals surface area contributed by atoms with E-state index < -0.39 is 12.4 Å². The molecule has 0 aromatic heterocycles. The number of piperidine rings is 1. The molecule has 54 heavy (non-hydrogen) atoms. The molecule has 0 amide bonds. The number of esters is 1. The molecule has 1 aliphatic heterocycles. The molecule has 0 saturated carbocycles. The van der Waals surface area contributed by atoms with Gasteiger partial charge in [-0.3, -0.25) is 4.79 Å². The van der Waals surface area contributed by atoms with Gasteiger partial charge in [-0.15, -0.1) is 0 Å². The Labute approximate surface area is 332 Å². The first kappa shape index (κ1) is 50.1. The second-order valence-corrected chi connectivity index (χ2v) is 15.4. The van der Waals surface area contributed by atoms with E-state index in [0.717, 1.165) is 103 Å². The van der Waals surface area contributed by atoms with E-state index in [1.165, 1.54) is 44.9 Å². The van der Waals surface area contributed by atoms with Crippen molar-refractivity contribution in [1.29, 1.82) is 0 Å². The summed E-state index contributed by atoms with van der Waals surface area (Å²) in [6.07, 6.45) is 33.0. The molecule has 0 N–H and O–H groups in total. The fourth-order valence-electron chi connectivity index (χ4n) is 7.09. The summed E-state index contributed by atoms with van der Waals surface area (Å²) in [6, 6.07) is 0. The van der Waals surface area contributed by atoms with E-state index in [1.54, 1.807) is 0 Å². The van der Waals surface area contributed by atoms with E-state index in [0.29, 0.717) is 38.1 Å². The van der Waals surface area contributed by atoms with E-state index in [2.05, 4.69) is 70.2 Å². The fraction of sp³-hybridized carbons (Fsp3) is 0.848. The fourth-order valence-corrected chi connectivity index (χ4v) is 7.09. The lowest BCUT2D eigenvalue weighted by Crippen LogP contribution is -2.37. The summed E-state index contributed by atoms with van der Waals surface area (Å²) in [5.41, 5.74) is 0. The van der Waals surface area contributed by atoms with Crippen LogP contribution >= 0.6 is 0 Å². The van der Waals surface area contributed by atoms with Crippen molar-refractivity contribution in [3.05, 3.63) is 30.7 Å². The summed E-state index contributed by atoms with van der Waals surface area (Å²) in [5.74, 6) is 0.723. The lowest BCUT2D eigenvalue weighted by molar-refractivity contribution is -0.160. The third-order valence-electron chi connectivity index (χ3n) is 10.5. The van der Waals surface area contributed by atoms with Gasteiger partial charge >= 0.3 is 12.1 Å². The number of unbranched alkanes of at least 4 members (excludes halogenated alkanes) is 8. The highest BCUT2D eigenvalue weighted by molar-refractivity contribution is 5.69. The van der Waals surface area contributed by atoms with Gasteiger partial charge in [0, 0.05) is 38.0 Å². The molecule has 8 nitrogen and oxygen atoms in total. The smallest absolute Gasteiger partial charge is 0.465 e. The molecule has 0 aromatic rings. The molecule has 1 fully saturated rings. The molecular weight excluding hydrogens is 679 g/mol. The monoisotopic (exact) mass is 763 g/mol. The second kappa shape index (κ2) is 36.7. The number of carbonyl (C=O) groups excluding carboxylic acids is 2. The summed E-state index contributed by atoms with van der Waals surface area (Å²) in [5, 5.41) is 0. The number of hydrogen-bond donors (Lipinski definition) is 0. The number of likely N-dealkylation sites (tertiary alicyclic amines) is 1. The maximum Gasteiger partial charge on any atom is 0.508 e. The minimum Gasteiger partial charge on any atom is -0.465 e. The molecule has 0 bridgehead atoms. The van der Waals surface area contributed by atoms with Crippen LogP contribution in [-0.2, 0) is 28.5 Å². The predicted molar refractivity (Wildman–Crippen MR) is 223 cm³/mol. The number of allylic oxidation sites excluding steroid dienone is 4. The molecule has 0 spiro atoms. The molecule has 0 aromatic carbocycles. The van der Waals surface area contributed by atoms with Crippen molar-refractivity contribution in [2.75, 3.05) is 52.7 Å². The van der Waals surface area contributed by atoms with Crippen LogP contribution in [0.5, 0.6) is 0 Å². The third kappa shape index (κ3) is 29.4. The van der Waals surface area contributed by atoms with Gasteiger partial charge in [0.1, 0.15) is 6.61 Å². The van der Waals surface area contributed by atoms with Crippen molar-refractivity contribution in [2.45, 2.75) is 182 Å². The topological polar surface area (TPSA) is 83.5 Å².